The minimum Gasteiger partial charge on any atom is -0.268 e. The molecule has 156 valence electrons. The lowest BCUT2D eigenvalue weighted by molar-refractivity contribution is 0.699. The summed E-state index contributed by atoms with van der Waals surface area (Å²) in [7, 11) is 0. The molecular weight excluding hydrogens is 420 g/mol. The van der Waals surface area contributed by atoms with Gasteiger partial charge in [0.1, 0.15) is 4.83 Å². The number of nitrogens with zero attached hydrogens (tertiary/aromatic N) is 2. The molecule has 0 saturated heterocycles. The summed E-state index contributed by atoms with van der Waals surface area (Å²) in [4.78, 5) is 21.2. The molecule has 4 aromatic rings. The number of allylic oxidation sites excluding steroid dienone is 1. The zero-order valence-electron chi connectivity index (χ0n) is 17.3. The lowest BCUT2D eigenvalue weighted by Crippen LogP contribution is -2.22. The average Bonchev–Trinajstić information content (AvgIpc) is 3.19. The van der Waals surface area contributed by atoms with Gasteiger partial charge in [0.15, 0.2) is 5.16 Å². The third kappa shape index (κ3) is 3.88. The van der Waals surface area contributed by atoms with Crippen LogP contribution in [0.3, 0.4) is 0 Å². The number of benzene rings is 2. The van der Waals surface area contributed by atoms with E-state index in [1.165, 1.54) is 22.4 Å². The van der Waals surface area contributed by atoms with Crippen molar-refractivity contribution >= 4 is 33.3 Å². The third-order valence-electron chi connectivity index (χ3n) is 5.77. The Labute approximate surface area is 190 Å². The molecule has 2 heterocycles. The van der Waals surface area contributed by atoms with Gasteiger partial charge in [0.25, 0.3) is 5.56 Å². The van der Waals surface area contributed by atoms with Crippen LogP contribution in [0.2, 0.25) is 0 Å². The van der Waals surface area contributed by atoms with E-state index in [1.807, 2.05) is 47.0 Å². The number of aromatic nitrogens is 2. The van der Waals surface area contributed by atoms with E-state index in [4.69, 9.17) is 4.98 Å². The van der Waals surface area contributed by atoms with Crippen LogP contribution in [0, 0.1) is 0 Å². The van der Waals surface area contributed by atoms with Crippen LogP contribution in [0.25, 0.3) is 15.9 Å². The second-order valence-electron chi connectivity index (χ2n) is 7.80. The highest BCUT2D eigenvalue weighted by Gasteiger charge is 2.24. The first-order chi connectivity index (χ1) is 15.3. The minimum atomic E-state index is 0.0588. The molecule has 0 aliphatic heterocycles. The lowest BCUT2D eigenvalue weighted by atomic mass is 9.97. The molecule has 0 fully saturated rings. The Kier molecular flexibility index (Phi) is 5.79. The van der Waals surface area contributed by atoms with Crippen LogP contribution in [0.4, 0.5) is 0 Å². The molecule has 0 radical (unpaired) electrons. The number of hydrogen-bond acceptors (Lipinski definition) is 4. The lowest BCUT2D eigenvalue weighted by Gasteiger charge is -2.18. The molecule has 0 bridgehead atoms. The highest BCUT2D eigenvalue weighted by Crippen LogP contribution is 2.40. The number of thiophene rings is 1. The zero-order valence-corrected chi connectivity index (χ0v) is 18.9. The Balaban J connectivity index is 1.71. The summed E-state index contributed by atoms with van der Waals surface area (Å²) in [5, 5.41) is 1.72. The average molecular weight is 445 g/mol. The van der Waals surface area contributed by atoms with Crippen molar-refractivity contribution in [2.45, 2.75) is 42.5 Å². The fourth-order valence-electron chi connectivity index (χ4n) is 4.27. The van der Waals surface area contributed by atoms with Crippen LogP contribution < -0.4 is 5.56 Å². The van der Waals surface area contributed by atoms with E-state index in [9.17, 15) is 4.79 Å². The quantitative estimate of drug-likeness (QED) is 0.188. The van der Waals surface area contributed by atoms with Crippen molar-refractivity contribution in [2.75, 3.05) is 0 Å². The van der Waals surface area contributed by atoms with Crippen molar-refractivity contribution in [3.63, 3.8) is 0 Å². The fraction of sp³-hybridized carbons (Fsp3) is 0.231. The summed E-state index contributed by atoms with van der Waals surface area (Å²) in [5.41, 5.74) is 3.37. The molecule has 2 aromatic heterocycles. The van der Waals surface area contributed by atoms with Gasteiger partial charge in [-0.2, -0.15) is 0 Å². The number of aryl methyl sites for hydroxylation is 2. The molecule has 0 amide bonds. The van der Waals surface area contributed by atoms with E-state index in [0.29, 0.717) is 0 Å². The molecule has 3 nitrogen and oxygen atoms in total. The van der Waals surface area contributed by atoms with E-state index >= 15 is 0 Å². The molecule has 0 N–H and O–H groups in total. The van der Waals surface area contributed by atoms with Gasteiger partial charge in [-0.25, -0.2) is 4.98 Å². The van der Waals surface area contributed by atoms with E-state index in [2.05, 4.69) is 30.8 Å². The van der Waals surface area contributed by atoms with Crippen LogP contribution in [-0.2, 0) is 12.8 Å². The summed E-state index contributed by atoms with van der Waals surface area (Å²) < 4.78 is 1.81. The van der Waals surface area contributed by atoms with Crippen LogP contribution in [0.5, 0.6) is 0 Å². The van der Waals surface area contributed by atoms with Crippen molar-refractivity contribution in [1.29, 1.82) is 0 Å². The standard InChI is InChI=1S/C26H24N2OS2/c1-2-11-21(18-12-5-3-6-13-18)31-26-27-24-23(20-16-9-10-17-22(20)30-24)25(29)28(26)19-14-7-4-8-15-19/h2-8,12-15,21H,1,9-11,16-17H2. The summed E-state index contributed by atoms with van der Waals surface area (Å²) >= 11 is 3.36. The summed E-state index contributed by atoms with van der Waals surface area (Å²) in [6.45, 7) is 3.96. The van der Waals surface area contributed by atoms with Crippen LogP contribution in [0.15, 0.2) is 83.3 Å². The van der Waals surface area contributed by atoms with E-state index in [0.717, 1.165) is 46.7 Å². The van der Waals surface area contributed by atoms with E-state index in [1.54, 1.807) is 23.1 Å². The molecule has 5 rings (SSSR count). The Morgan fingerprint density at radius 3 is 2.52 bits per heavy atom. The fourth-order valence-corrected chi connectivity index (χ4v) is 6.80. The van der Waals surface area contributed by atoms with Crippen molar-refractivity contribution in [2.24, 2.45) is 0 Å². The molecule has 31 heavy (non-hydrogen) atoms. The minimum absolute atomic E-state index is 0.0588. The summed E-state index contributed by atoms with van der Waals surface area (Å²) in [5.74, 6) is 0. The highest BCUT2D eigenvalue weighted by molar-refractivity contribution is 7.99. The SMILES string of the molecule is C=CCC(Sc1nc2sc3c(c2c(=O)n1-c1ccccc1)CCCC3)c1ccccc1. The molecule has 0 saturated carbocycles. The third-order valence-corrected chi connectivity index (χ3v) is 8.19. The first-order valence-corrected chi connectivity index (χ1v) is 12.4. The van der Waals surface area contributed by atoms with Crippen molar-refractivity contribution in [3.8, 4) is 5.69 Å². The van der Waals surface area contributed by atoms with Gasteiger partial charge in [0.05, 0.1) is 11.1 Å². The van der Waals surface area contributed by atoms with Gasteiger partial charge in [0, 0.05) is 10.1 Å². The first-order valence-electron chi connectivity index (χ1n) is 10.7. The first kappa shape index (κ1) is 20.3. The zero-order chi connectivity index (χ0) is 21.2. The van der Waals surface area contributed by atoms with Gasteiger partial charge < -0.3 is 0 Å². The summed E-state index contributed by atoms with van der Waals surface area (Å²) in [6, 6.07) is 20.3. The predicted octanol–water partition coefficient (Wildman–Crippen LogP) is 6.74. The number of fused-ring (bicyclic) bond motifs is 3. The topological polar surface area (TPSA) is 34.9 Å². The molecule has 1 atom stereocenters. The van der Waals surface area contributed by atoms with Crippen molar-refractivity contribution in [3.05, 3.63) is 99.7 Å². The Bertz CT molecular complexity index is 1280. The van der Waals surface area contributed by atoms with Crippen LogP contribution in [0.1, 0.15) is 40.5 Å². The van der Waals surface area contributed by atoms with Crippen LogP contribution in [-0.4, -0.2) is 9.55 Å². The van der Waals surface area contributed by atoms with Crippen LogP contribution >= 0.6 is 23.1 Å². The molecule has 1 unspecified atom stereocenters. The van der Waals surface area contributed by atoms with Gasteiger partial charge in [-0.3, -0.25) is 9.36 Å². The number of hydrogen-bond donors (Lipinski definition) is 0. The van der Waals surface area contributed by atoms with Crippen molar-refractivity contribution < 1.29 is 0 Å². The normalized spacial score (nSPS) is 14.3. The van der Waals surface area contributed by atoms with Gasteiger partial charge in [0.2, 0.25) is 0 Å². The smallest absolute Gasteiger partial charge is 0.267 e. The predicted molar refractivity (Wildman–Crippen MR) is 132 cm³/mol. The maximum absolute atomic E-state index is 13.9. The maximum Gasteiger partial charge on any atom is 0.267 e. The molecule has 2 aromatic carbocycles. The second-order valence-corrected chi connectivity index (χ2v) is 10.1. The number of rotatable bonds is 6. The van der Waals surface area contributed by atoms with E-state index < -0.39 is 0 Å². The van der Waals surface area contributed by atoms with Gasteiger partial charge in [-0.1, -0.05) is 66.4 Å². The molecule has 1 aliphatic rings. The van der Waals surface area contributed by atoms with Gasteiger partial charge in [-0.15, -0.1) is 17.9 Å². The second kappa shape index (κ2) is 8.85. The van der Waals surface area contributed by atoms with Crippen molar-refractivity contribution in [1.82, 2.24) is 9.55 Å². The Hall–Kier alpha value is -2.63. The van der Waals surface area contributed by atoms with Gasteiger partial charge >= 0.3 is 0 Å². The molecule has 0 spiro atoms. The molecule has 5 heteroatoms. The Morgan fingerprint density at radius 2 is 1.77 bits per heavy atom. The molecular formula is C26H24N2OS2. The largest absolute Gasteiger partial charge is 0.268 e. The maximum atomic E-state index is 13.9. The monoisotopic (exact) mass is 444 g/mol. The van der Waals surface area contributed by atoms with E-state index in [-0.39, 0.29) is 10.8 Å². The summed E-state index contributed by atoms with van der Waals surface area (Å²) in [6.07, 6.45) is 7.14. The van der Waals surface area contributed by atoms with Gasteiger partial charge in [-0.05, 0) is 55.4 Å². The Morgan fingerprint density at radius 1 is 1.06 bits per heavy atom. The number of para-hydroxylation sites is 1. The highest BCUT2D eigenvalue weighted by atomic mass is 32.2. The molecule has 1 aliphatic carbocycles. The number of thioether (sulfide) groups is 1.